The van der Waals surface area contributed by atoms with Gasteiger partial charge in [0.1, 0.15) is 93.5 Å². The highest BCUT2D eigenvalue weighted by molar-refractivity contribution is 6.02. The average Bonchev–Trinajstić information content (AvgIpc) is 0.765. The number of halogens is 18. The van der Waals surface area contributed by atoms with E-state index in [1.54, 1.807) is 68.7 Å². The number of hydrogen-bond acceptors (Lipinski definition) is 20. The smallest absolute Gasteiger partial charge is 0.417 e. The first kappa shape index (κ1) is 102. The first-order chi connectivity index (χ1) is 63.3. The molecule has 135 heavy (non-hydrogen) atoms. The molecule has 27 nitrogen and oxygen atoms in total. The second kappa shape index (κ2) is 41.9. The van der Waals surface area contributed by atoms with Crippen molar-refractivity contribution in [3.05, 3.63) is 274 Å². The molecule has 714 valence electrons. The average molecular weight is 1910 g/mol. The number of anilines is 3. The Hall–Kier alpha value is -15.0. The minimum atomic E-state index is -4.76. The van der Waals surface area contributed by atoms with Crippen LogP contribution in [0.5, 0.6) is 0 Å². The second-order valence-electron chi connectivity index (χ2n) is 30.4. The number of alkyl halides is 12. The van der Waals surface area contributed by atoms with Gasteiger partial charge in [0.05, 0.1) is 54.7 Å². The molecule has 0 aliphatic rings. The molecule has 6 N–H and O–H groups in total. The van der Waals surface area contributed by atoms with Crippen LogP contribution < -0.4 is 54.3 Å². The first-order valence-corrected chi connectivity index (χ1v) is 40.2. The van der Waals surface area contributed by atoms with Gasteiger partial charge in [0.25, 0.3) is 34.4 Å². The number of rotatable bonds is 26. The van der Waals surface area contributed by atoms with Crippen LogP contribution in [0.15, 0.2) is 172 Å². The highest BCUT2D eigenvalue weighted by Crippen LogP contribution is 2.38. The van der Waals surface area contributed by atoms with Crippen LogP contribution in [0.4, 0.5) is 96.1 Å². The molecule has 45 heteroatoms. The normalized spacial score (nSPS) is 13.0. The number of carbonyl (C=O) groups is 6. The molecule has 6 aromatic heterocycles. The molecule has 0 aliphatic heterocycles. The van der Waals surface area contributed by atoms with Gasteiger partial charge in [-0.1, -0.05) is 68.4 Å². The number of amides is 3. The summed E-state index contributed by atoms with van der Waals surface area (Å²) in [6.07, 6.45) is -12.6. The van der Waals surface area contributed by atoms with Crippen LogP contribution >= 0.6 is 0 Å². The third-order valence-electron chi connectivity index (χ3n) is 21.2. The third kappa shape index (κ3) is 23.6. The molecule has 0 aliphatic carbocycles. The molecular formula is C90H80F18N14O13. The molecule has 6 aromatic carbocycles. The summed E-state index contributed by atoms with van der Waals surface area (Å²) >= 11 is 0. The Morgan fingerprint density at radius 3 is 1.09 bits per heavy atom. The van der Waals surface area contributed by atoms with Crippen molar-refractivity contribution in [1.82, 2.24) is 54.2 Å². The molecule has 0 radical (unpaired) electrons. The van der Waals surface area contributed by atoms with E-state index >= 15 is 0 Å². The largest absolute Gasteiger partial charge is 0.467 e. The molecule has 0 saturated carbocycles. The van der Waals surface area contributed by atoms with Crippen LogP contribution in [-0.4, -0.2) is 150 Å². The number of nitrogens with one attached hydrogen (secondary N) is 6. The van der Waals surface area contributed by atoms with E-state index in [1.165, 1.54) is 86.1 Å². The monoisotopic (exact) mass is 1910 g/mol. The van der Waals surface area contributed by atoms with E-state index < -0.39 is 200 Å². The summed E-state index contributed by atoms with van der Waals surface area (Å²) in [6.45, 7) is 4.95. The number of nitrogens with zero attached hydrogens (tertiary/aromatic N) is 8. The maximum Gasteiger partial charge on any atom is 0.417 e. The van der Waals surface area contributed by atoms with Crippen molar-refractivity contribution < 1.29 is 122 Å². The molecule has 0 spiro atoms. The van der Waals surface area contributed by atoms with Gasteiger partial charge in [0.2, 0.25) is 0 Å². The fraction of sp³-hybridized carbons (Fsp3) is 0.289. The number of aryl methyl sites for hydroxylation is 4. The summed E-state index contributed by atoms with van der Waals surface area (Å²) in [5.74, 6) is -15.8. The zero-order valence-corrected chi connectivity index (χ0v) is 72.6. The Kier molecular flexibility index (Phi) is 31.7. The highest BCUT2D eigenvalue weighted by Gasteiger charge is 2.42. The molecule has 12 aromatic rings. The lowest BCUT2D eigenvalue weighted by molar-refractivity contribution is -0.143. The van der Waals surface area contributed by atoms with E-state index in [2.05, 4.69) is 35.9 Å². The fourth-order valence-corrected chi connectivity index (χ4v) is 14.4. The molecule has 6 atom stereocenters. The Morgan fingerprint density at radius 1 is 0.407 bits per heavy atom. The van der Waals surface area contributed by atoms with Gasteiger partial charge in [-0.25, -0.2) is 50.5 Å². The van der Waals surface area contributed by atoms with Crippen molar-refractivity contribution in [2.45, 2.75) is 121 Å². The number of carbonyl (C=O) groups excluding carboxylic acids is 6. The van der Waals surface area contributed by atoms with Crippen LogP contribution in [0.25, 0.3) is 66.2 Å². The van der Waals surface area contributed by atoms with Gasteiger partial charge in [-0.2, -0.15) is 52.7 Å². The third-order valence-corrected chi connectivity index (χ3v) is 21.2. The number of fused-ring (bicyclic) bond motifs is 3. The van der Waals surface area contributed by atoms with E-state index in [4.69, 9.17) is 14.2 Å². The predicted molar refractivity (Wildman–Crippen MR) is 457 cm³/mol. The molecule has 12 rings (SSSR count). The maximum absolute atomic E-state index is 14.9. The zero-order valence-electron chi connectivity index (χ0n) is 72.6. The van der Waals surface area contributed by atoms with E-state index in [-0.39, 0.29) is 63.7 Å². The summed E-state index contributed by atoms with van der Waals surface area (Å²) < 4.78 is 266. The summed E-state index contributed by atoms with van der Waals surface area (Å²) in [7, 11) is 8.67. The Labute approximate surface area is 751 Å². The lowest BCUT2D eigenvalue weighted by atomic mass is 9.95. The van der Waals surface area contributed by atoms with E-state index in [0.717, 1.165) is 44.4 Å². The van der Waals surface area contributed by atoms with Crippen LogP contribution in [-0.2, 0) is 82.2 Å². The van der Waals surface area contributed by atoms with E-state index in [0.29, 0.717) is 98.4 Å². The van der Waals surface area contributed by atoms with Crippen molar-refractivity contribution >= 4 is 85.4 Å². The molecular weight excluding hydrogens is 1830 g/mol. The van der Waals surface area contributed by atoms with E-state index in [1.807, 2.05) is 16.0 Å². The number of benzene rings is 6. The van der Waals surface area contributed by atoms with Crippen molar-refractivity contribution in [2.75, 3.05) is 37.3 Å². The van der Waals surface area contributed by atoms with Crippen molar-refractivity contribution in [2.24, 2.45) is 28.2 Å². The van der Waals surface area contributed by atoms with Crippen LogP contribution in [0.2, 0.25) is 0 Å². The van der Waals surface area contributed by atoms with Gasteiger partial charge in [0, 0.05) is 140 Å². The Morgan fingerprint density at radius 2 is 0.748 bits per heavy atom. The van der Waals surface area contributed by atoms with Crippen molar-refractivity contribution in [3.63, 3.8) is 0 Å². The van der Waals surface area contributed by atoms with Gasteiger partial charge >= 0.3 is 48.3 Å². The van der Waals surface area contributed by atoms with Crippen LogP contribution in [0.1, 0.15) is 92.6 Å². The molecule has 6 heterocycles. The molecule has 0 unspecified atom stereocenters. The summed E-state index contributed by atoms with van der Waals surface area (Å²) in [5, 5.41) is 13.8. The standard InChI is InChI=1S/C31H26F8N4O4.C30H28F5N5O4.C29H26F5N5O5/c1-4-24(31(37,38)39)41-17-12-21(32)25(22(33)13-17)27(44)42-23(29(46)47-3)10-15-7-8-19(26-18(15)6-5-9-40-26)20-11-16(30(34,35)36)14-43(2)28(20)45;1-5-23(30(33,34)35)38-17-12-20(31)24(21(32)13-17)27(41)39-22(29(43)44-4)11-16-8-9-19(25-18(16)7-6-10-36-25)26-28(42)40(3)14-15(2)37-26;1-14(29(32,33)34)36-16-11-20(30)23(21(31)12-16)25(40)37-22(27(42)44-4)10-15-7-8-18(24-17(15)6-5-9-35-24)19-13-38(2)28(43)39(3)26(19)41/h5-9,11-14,23-24,41H,4,10H2,1-3H3,(H,42,44);6-10,12-14,22-23,38H,5,11H2,1-4H3,(H,39,41);5-9,11-14,22,36H,10H2,1-4H3,(H,37,40)/t23-,24+;22-,23+;14-,22+/m001/s1. The van der Waals surface area contributed by atoms with Gasteiger partial charge in [-0.3, -0.25) is 48.3 Å². The Bertz CT molecular complexity index is 6770. The molecule has 0 fully saturated rings. The molecule has 3 amide bonds. The number of pyridine rings is 4. The van der Waals surface area contributed by atoms with E-state index in [9.17, 15) is 127 Å². The SMILES string of the molecule is CC[C@@H](Nc1cc(F)c(C(=O)N[C@@H](Cc2ccc(-c3cc(C(F)(F)F)cn(C)c3=O)c3ncccc23)C(=O)OC)c(F)c1)C(F)(F)F.CC[C@@H](Nc1cc(F)c(C(=O)N[C@@H](Cc2ccc(-c3nc(C)cn(C)c3=O)c3ncccc23)C(=O)OC)c(F)c1)C(F)(F)F.COC(=O)[C@H](Cc1ccc(-c2cn(C)c(=O)n(C)c2=O)c2ncccc12)NC(=O)c1c(F)cc(N[C@H](C)C(F)(F)F)cc1F. The van der Waals surface area contributed by atoms with Crippen LogP contribution in [0.3, 0.4) is 0 Å². The van der Waals surface area contributed by atoms with Crippen molar-refractivity contribution in [1.29, 1.82) is 0 Å². The highest BCUT2D eigenvalue weighted by atomic mass is 19.4. The number of hydrogen-bond donors (Lipinski definition) is 6. The van der Waals surface area contributed by atoms with Crippen LogP contribution in [0, 0.1) is 41.8 Å². The van der Waals surface area contributed by atoms with Crippen molar-refractivity contribution in [3.8, 4) is 33.5 Å². The summed E-state index contributed by atoms with van der Waals surface area (Å²) in [6, 6.07) is 11.7. The minimum Gasteiger partial charge on any atom is -0.467 e. The van der Waals surface area contributed by atoms with Gasteiger partial charge in [-0.05, 0) is 104 Å². The topological polar surface area (TPSA) is 342 Å². The number of aromatic nitrogens is 8. The molecule has 0 saturated heterocycles. The Balaban J connectivity index is 0.000000210. The van der Waals surface area contributed by atoms with Gasteiger partial charge in [-0.15, -0.1) is 0 Å². The number of esters is 3. The first-order valence-electron chi connectivity index (χ1n) is 40.2. The van der Waals surface area contributed by atoms with Gasteiger partial charge < -0.3 is 59.8 Å². The fourth-order valence-electron chi connectivity index (χ4n) is 14.4. The maximum atomic E-state index is 14.9. The predicted octanol–water partition coefficient (Wildman–Crippen LogP) is 14.5. The zero-order chi connectivity index (χ0) is 99.7. The summed E-state index contributed by atoms with van der Waals surface area (Å²) in [5.41, 5.74) is -4.77. The number of methoxy groups -OCH3 is 3. The summed E-state index contributed by atoms with van der Waals surface area (Å²) in [4.78, 5) is 145. The minimum absolute atomic E-state index is 0.0448. The quantitative estimate of drug-likeness (QED) is 0.0167. The van der Waals surface area contributed by atoms with Gasteiger partial charge in [0.15, 0.2) is 0 Å². The lowest BCUT2D eigenvalue weighted by Gasteiger charge is -2.22. The second-order valence-corrected chi connectivity index (χ2v) is 30.4. The lowest BCUT2D eigenvalue weighted by Crippen LogP contribution is -2.43. The molecule has 0 bridgehead atoms. The number of ether oxygens (including phenoxy) is 3.